The van der Waals surface area contributed by atoms with Gasteiger partial charge < -0.3 is 50.5 Å². The van der Waals surface area contributed by atoms with Crippen LogP contribution in [0.3, 0.4) is 0 Å². The largest absolute Gasteiger partial charge is 4.00 e. The van der Waals surface area contributed by atoms with Crippen LogP contribution in [-0.4, -0.2) is 0 Å². The molecule has 0 aliphatic carbocycles. The van der Waals surface area contributed by atoms with E-state index in [0.717, 1.165) is 0 Å². The zero-order valence-corrected chi connectivity index (χ0v) is 10.4. The first kappa shape index (κ1) is 29.4. The van der Waals surface area contributed by atoms with Gasteiger partial charge in [0.15, 0.2) is 0 Å². The molecule has 0 aromatic carbocycles. The second-order valence-corrected chi connectivity index (χ2v) is 1.10. The van der Waals surface area contributed by atoms with E-state index in [0.29, 0.717) is 0 Å². The fourth-order valence-corrected chi connectivity index (χ4v) is 0. The van der Waals surface area contributed by atoms with E-state index in [1.807, 2.05) is 0 Å². The predicted octanol–water partition coefficient (Wildman–Crippen LogP) is 0.0550. The van der Waals surface area contributed by atoms with Crippen LogP contribution in [0.5, 0.6) is 0 Å². The summed E-state index contributed by atoms with van der Waals surface area (Å²) in [5.41, 5.74) is 0. The summed E-state index contributed by atoms with van der Waals surface area (Å²) in [7, 11) is 0. The standard InChI is InChI=1S/4CHNS.Cr/c4*2-1-3;/h4*3H;/q;;;;+4/p-4. The van der Waals surface area contributed by atoms with Gasteiger partial charge in [0, 0.05) is 0 Å². The molecular weight excluding hydrogens is 284 g/mol. The van der Waals surface area contributed by atoms with Gasteiger partial charge in [0.2, 0.25) is 0 Å². The molecule has 0 aromatic rings. The normalized spacial score (nSPS) is 2.15. The Labute approximate surface area is 110 Å². The Morgan fingerprint density at radius 3 is 0.538 bits per heavy atom. The van der Waals surface area contributed by atoms with Gasteiger partial charge in [-0.3, -0.25) is 0 Å². The average Bonchev–Trinajstić information content (AvgIpc) is 1.92. The van der Waals surface area contributed by atoms with Gasteiger partial charge in [-0.2, -0.15) is 0 Å². The fraction of sp³-hybridized carbons (Fsp3) is 0. The summed E-state index contributed by atoms with van der Waals surface area (Å²) < 4.78 is 0. The third kappa shape index (κ3) is 2540. The Kier molecular flexibility index (Phi) is 244. The van der Waals surface area contributed by atoms with Crippen LogP contribution in [-0.2, 0) is 67.9 Å². The van der Waals surface area contributed by atoms with E-state index in [1.165, 1.54) is 21.6 Å². The second-order valence-electron chi connectivity index (χ2n) is 0.365. The summed E-state index contributed by atoms with van der Waals surface area (Å²) in [5.74, 6) is 0. The number of nitriles is 4. The molecule has 66 valence electrons. The topological polar surface area (TPSA) is 95.2 Å². The molecule has 0 atom stereocenters. The summed E-state index contributed by atoms with van der Waals surface area (Å²) in [6.07, 6.45) is 0. The zero-order valence-electron chi connectivity index (χ0n) is 5.83. The quantitative estimate of drug-likeness (QED) is 0.455. The van der Waals surface area contributed by atoms with Gasteiger partial charge in [-0.25, -0.2) is 21.0 Å². The molecule has 0 N–H and O–H groups in total. The molecule has 0 radical (unpaired) electrons. The first-order valence-corrected chi connectivity index (χ1v) is 3.34. The van der Waals surface area contributed by atoms with Crippen LogP contribution >= 0.6 is 0 Å². The Hall–Kier alpha value is -0.628. The monoisotopic (exact) mass is 284 g/mol. The molecule has 0 saturated carbocycles. The summed E-state index contributed by atoms with van der Waals surface area (Å²) in [5, 5.41) is 33.9. The molecule has 0 aromatic heterocycles. The van der Waals surface area contributed by atoms with Crippen molar-refractivity contribution in [2.45, 2.75) is 0 Å². The van der Waals surface area contributed by atoms with Gasteiger partial charge in [-0.05, 0) is 0 Å². The number of nitrogens with zero attached hydrogens (tertiary/aromatic N) is 4. The van der Waals surface area contributed by atoms with Crippen molar-refractivity contribution in [1.82, 2.24) is 0 Å². The minimum atomic E-state index is 0. The van der Waals surface area contributed by atoms with Crippen molar-refractivity contribution in [2.75, 3.05) is 0 Å². The van der Waals surface area contributed by atoms with Gasteiger partial charge >= 0.3 is 17.4 Å². The van der Waals surface area contributed by atoms with E-state index in [2.05, 4.69) is 50.5 Å². The van der Waals surface area contributed by atoms with E-state index in [9.17, 15) is 0 Å². The van der Waals surface area contributed by atoms with Gasteiger partial charge in [0.1, 0.15) is 0 Å². The fourth-order valence-electron chi connectivity index (χ4n) is 0. The second kappa shape index (κ2) is 108. The maximum atomic E-state index is 7.13. The molecule has 0 heterocycles. The minimum Gasteiger partial charge on any atom is -0.696 e. The number of hydrogen-bond acceptors (Lipinski definition) is 8. The van der Waals surface area contributed by atoms with Crippen LogP contribution in [0.25, 0.3) is 0 Å². The first-order chi connectivity index (χ1) is 5.66. The van der Waals surface area contributed by atoms with Crippen LogP contribution < -0.4 is 0 Å². The number of rotatable bonds is 0. The van der Waals surface area contributed by atoms with Gasteiger partial charge in [-0.15, -0.1) is 0 Å². The van der Waals surface area contributed by atoms with Gasteiger partial charge in [0.25, 0.3) is 0 Å². The van der Waals surface area contributed by atoms with Crippen molar-refractivity contribution in [3.05, 3.63) is 0 Å². The van der Waals surface area contributed by atoms with Crippen LogP contribution in [0.1, 0.15) is 0 Å². The van der Waals surface area contributed by atoms with E-state index >= 15 is 0 Å². The van der Waals surface area contributed by atoms with Crippen LogP contribution in [0.15, 0.2) is 0 Å². The van der Waals surface area contributed by atoms with E-state index in [-0.39, 0.29) is 17.4 Å². The summed E-state index contributed by atoms with van der Waals surface area (Å²) in [4.78, 5) is 0. The molecule has 0 unspecified atom stereocenters. The Morgan fingerprint density at radius 2 is 0.538 bits per heavy atom. The first-order valence-electron chi connectivity index (χ1n) is 1.71. The number of thiocyanates is 4. The van der Waals surface area contributed by atoms with Crippen LogP contribution in [0.2, 0.25) is 0 Å². The predicted molar refractivity (Wildman–Crippen MR) is 51.9 cm³/mol. The molecule has 0 fully saturated rings. The zero-order chi connectivity index (χ0) is 10.8. The summed E-state index contributed by atoms with van der Waals surface area (Å²) in [6, 6.07) is 0. The molecule has 0 amide bonds. The molecule has 0 aliphatic heterocycles. The van der Waals surface area contributed by atoms with E-state index in [4.69, 9.17) is 21.0 Å². The molecule has 4 nitrogen and oxygen atoms in total. The van der Waals surface area contributed by atoms with Crippen molar-refractivity contribution in [2.24, 2.45) is 0 Å². The van der Waals surface area contributed by atoms with Crippen LogP contribution in [0, 0.1) is 42.7 Å². The van der Waals surface area contributed by atoms with Gasteiger partial charge in [0.05, 0.1) is 0 Å². The third-order valence-corrected chi connectivity index (χ3v) is 0. The molecule has 0 aliphatic rings. The minimum absolute atomic E-state index is 0. The van der Waals surface area contributed by atoms with Crippen molar-refractivity contribution >= 4 is 50.5 Å². The molecule has 0 bridgehead atoms. The molecular formula is C4CrN4S4. The molecule has 0 spiro atoms. The Balaban J connectivity index is -0.0000000213. The van der Waals surface area contributed by atoms with Crippen LogP contribution in [0.4, 0.5) is 0 Å². The SMILES string of the molecule is N#C[S-].N#C[S-].N#C[S-].N#C[S-].[Cr+4]. The molecule has 13 heavy (non-hydrogen) atoms. The number of hydrogen-bond donors (Lipinski definition) is 0. The van der Waals surface area contributed by atoms with Crippen molar-refractivity contribution in [1.29, 1.82) is 21.0 Å². The Bertz CT molecular complexity index is 158. The van der Waals surface area contributed by atoms with E-state index < -0.39 is 0 Å². The molecule has 9 heteroatoms. The smallest absolute Gasteiger partial charge is 0.696 e. The Morgan fingerprint density at radius 1 is 0.538 bits per heavy atom. The molecule has 0 saturated heterocycles. The van der Waals surface area contributed by atoms with Crippen molar-refractivity contribution < 1.29 is 17.4 Å². The van der Waals surface area contributed by atoms with Gasteiger partial charge in [-0.1, -0.05) is 21.6 Å². The van der Waals surface area contributed by atoms with Crippen molar-refractivity contribution in [3.63, 3.8) is 0 Å². The summed E-state index contributed by atoms with van der Waals surface area (Å²) in [6.45, 7) is 0. The van der Waals surface area contributed by atoms with Crippen molar-refractivity contribution in [3.8, 4) is 21.6 Å². The third-order valence-electron chi connectivity index (χ3n) is 0. The summed E-state index contributed by atoms with van der Waals surface area (Å²) >= 11 is 14.8. The van der Waals surface area contributed by atoms with E-state index in [1.54, 1.807) is 0 Å². The maximum Gasteiger partial charge on any atom is 4.00 e. The average molecular weight is 284 g/mol. The maximum absolute atomic E-state index is 7.13. The molecule has 0 rings (SSSR count).